The molecule has 0 aromatic heterocycles. The first kappa shape index (κ1) is 18.4. The lowest BCUT2D eigenvalue weighted by Crippen LogP contribution is -2.43. The summed E-state index contributed by atoms with van der Waals surface area (Å²) in [6.07, 6.45) is 0.663. The number of nitrogens with one attached hydrogen (secondary N) is 1. The van der Waals surface area contributed by atoms with E-state index in [9.17, 15) is 13.6 Å². The minimum Gasteiger partial charge on any atom is -0.313 e. The molecule has 2 amide bonds. The van der Waals surface area contributed by atoms with Crippen molar-refractivity contribution in [1.82, 2.24) is 4.90 Å². The molecule has 0 saturated carbocycles. The zero-order valence-corrected chi connectivity index (χ0v) is 15.6. The van der Waals surface area contributed by atoms with Gasteiger partial charge in [0, 0.05) is 17.6 Å². The number of rotatable bonds is 2. The van der Waals surface area contributed by atoms with Crippen LogP contribution in [0, 0.1) is 11.6 Å². The Morgan fingerprint density at radius 3 is 2.50 bits per heavy atom. The molecule has 1 aliphatic heterocycles. The van der Waals surface area contributed by atoms with Gasteiger partial charge in [-0.15, -0.1) is 0 Å². The van der Waals surface area contributed by atoms with E-state index in [0.29, 0.717) is 18.0 Å². The predicted octanol–water partition coefficient (Wildman–Crippen LogP) is 5.80. The molecule has 1 aliphatic rings. The molecule has 0 fully saturated rings. The number of anilines is 1. The van der Waals surface area contributed by atoms with Crippen LogP contribution in [-0.4, -0.2) is 17.5 Å². The molecule has 1 N–H and O–H groups in total. The van der Waals surface area contributed by atoms with Gasteiger partial charge in [-0.3, -0.25) is 0 Å². The summed E-state index contributed by atoms with van der Waals surface area (Å²) in [5.41, 5.74) is 2.69. The van der Waals surface area contributed by atoms with E-state index in [1.54, 1.807) is 11.0 Å². The Labute approximate surface area is 166 Å². The number of fused-ring (bicyclic) bond motifs is 1. The van der Waals surface area contributed by atoms with Crippen molar-refractivity contribution < 1.29 is 13.6 Å². The molecule has 3 aromatic rings. The number of halogens is 3. The van der Waals surface area contributed by atoms with Crippen LogP contribution in [0.5, 0.6) is 0 Å². The number of hydrogen-bond acceptors (Lipinski definition) is 1. The molecule has 1 unspecified atom stereocenters. The van der Waals surface area contributed by atoms with Gasteiger partial charge in [-0.05, 0) is 41.3 Å². The van der Waals surface area contributed by atoms with Crippen molar-refractivity contribution in [2.45, 2.75) is 12.5 Å². The van der Waals surface area contributed by atoms with Crippen LogP contribution in [0.4, 0.5) is 19.3 Å². The molecule has 4 rings (SSSR count). The fourth-order valence-electron chi connectivity index (χ4n) is 3.60. The van der Waals surface area contributed by atoms with Crippen LogP contribution in [0.25, 0.3) is 0 Å². The van der Waals surface area contributed by atoms with Gasteiger partial charge < -0.3 is 10.2 Å². The number of hydrogen-bond donors (Lipinski definition) is 1. The fraction of sp³-hybridized carbons (Fsp3) is 0.136. The number of urea groups is 1. The lowest BCUT2D eigenvalue weighted by atomic mass is 9.88. The molecule has 0 aliphatic carbocycles. The molecule has 1 atom stereocenters. The van der Waals surface area contributed by atoms with Gasteiger partial charge in [0.25, 0.3) is 0 Å². The molecule has 0 radical (unpaired) electrons. The Kier molecular flexibility index (Phi) is 5.01. The number of nitrogens with zero attached hydrogens (tertiary/aromatic N) is 1. The maximum absolute atomic E-state index is 14.0. The first-order valence-electron chi connectivity index (χ1n) is 8.89. The summed E-state index contributed by atoms with van der Waals surface area (Å²) in [7, 11) is 0. The van der Waals surface area contributed by atoms with E-state index in [1.807, 2.05) is 42.5 Å². The van der Waals surface area contributed by atoms with E-state index in [-0.39, 0.29) is 5.69 Å². The van der Waals surface area contributed by atoms with Crippen molar-refractivity contribution in [2.24, 2.45) is 0 Å². The van der Waals surface area contributed by atoms with Crippen LogP contribution in [0.3, 0.4) is 0 Å². The van der Waals surface area contributed by atoms with Crippen LogP contribution in [0.2, 0.25) is 5.02 Å². The molecule has 0 saturated heterocycles. The van der Waals surface area contributed by atoms with Gasteiger partial charge in [-0.25, -0.2) is 13.6 Å². The third kappa shape index (κ3) is 3.45. The minimum absolute atomic E-state index is 0.193. The predicted molar refractivity (Wildman–Crippen MR) is 106 cm³/mol. The smallest absolute Gasteiger partial charge is 0.313 e. The SMILES string of the molecule is O=C(Nc1cc(F)ccc1F)N1CCc2ccccc2C1c1ccccc1Cl. The topological polar surface area (TPSA) is 32.3 Å². The molecule has 142 valence electrons. The highest BCUT2D eigenvalue weighted by atomic mass is 35.5. The first-order valence-corrected chi connectivity index (χ1v) is 9.27. The fourth-order valence-corrected chi connectivity index (χ4v) is 3.84. The van der Waals surface area contributed by atoms with Crippen molar-refractivity contribution in [3.05, 3.63) is 100 Å². The number of benzene rings is 3. The second-order valence-electron chi connectivity index (χ2n) is 6.62. The van der Waals surface area contributed by atoms with E-state index in [2.05, 4.69) is 5.32 Å². The molecule has 28 heavy (non-hydrogen) atoms. The van der Waals surface area contributed by atoms with Crippen LogP contribution < -0.4 is 5.32 Å². The second kappa shape index (κ2) is 7.60. The van der Waals surface area contributed by atoms with E-state index in [4.69, 9.17) is 11.6 Å². The average molecular weight is 399 g/mol. The Morgan fingerprint density at radius 2 is 1.71 bits per heavy atom. The summed E-state index contributed by atoms with van der Waals surface area (Å²) in [6, 6.07) is 17.2. The van der Waals surface area contributed by atoms with E-state index >= 15 is 0 Å². The maximum atomic E-state index is 14.0. The van der Waals surface area contributed by atoms with Gasteiger partial charge in [-0.1, -0.05) is 54.1 Å². The molecule has 1 heterocycles. The Bertz CT molecular complexity index is 1040. The van der Waals surface area contributed by atoms with Gasteiger partial charge in [0.1, 0.15) is 11.6 Å². The van der Waals surface area contributed by atoms with Gasteiger partial charge in [-0.2, -0.15) is 0 Å². The zero-order chi connectivity index (χ0) is 19.7. The Morgan fingerprint density at radius 1 is 1.00 bits per heavy atom. The van der Waals surface area contributed by atoms with Gasteiger partial charge >= 0.3 is 6.03 Å². The highest BCUT2D eigenvalue weighted by molar-refractivity contribution is 6.31. The average Bonchev–Trinajstić information content (AvgIpc) is 2.70. The van der Waals surface area contributed by atoms with Crippen molar-refractivity contribution in [2.75, 3.05) is 11.9 Å². The zero-order valence-electron chi connectivity index (χ0n) is 14.8. The summed E-state index contributed by atoms with van der Waals surface area (Å²) < 4.78 is 27.5. The summed E-state index contributed by atoms with van der Waals surface area (Å²) >= 11 is 6.43. The second-order valence-corrected chi connectivity index (χ2v) is 7.03. The largest absolute Gasteiger partial charge is 0.322 e. The van der Waals surface area contributed by atoms with Gasteiger partial charge in [0.05, 0.1) is 11.7 Å². The lowest BCUT2D eigenvalue weighted by molar-refractivity contribution is 0.194. The molecule has 0 spiro atoms. The van der Waals surface area contributed by atoms with Gasteiger partial charge in [0.15, 0.2) is 0 Å². The number of amides is 2. The number of carbonyl (C=O) groups excluding carboxylic acids is 1. The standard InChI is InChI=1S/C22H17ClF2N2O/c23-18-8-4-3-7-17(18)21-16-6-2-1-5-14(16)11-12-27(21)22(28)26-20-13-15(24)9-10-19(20)25/h1-10,13,21H,11-12H2,(H,26,28). The molecule has 0 bridgehead atoms. The van der Waals surface area contributed by atoms with Crippen molar-refractivity contribution in [1.29, 1.82) is 0 Å². The van der Waals surface area contributed by atoms with Crippen LogP contribution in [-0.2, 0) is 6.42 Å². The third-order valence-corrected chi connectivity index (χ3v) is 5.26. The monoisotopic (exact) mass is 398 g/mol. The lowest BCUT2D eigenvalue weighted by Gasteiger charge is -2.38. The molecule has 3 aromatic carbocycles. The van der Waals surface area contributed by atoms with Gasteiger partial charge in [0.2, 0.25) is 0 Å². The Balaban J connectivity index is 1.74. The van der Waals surface area contributed by atoms with Crippen LogP contribution in [0.1, 0.15) is 22.7 Å². The van der Waals surface area contributed by atoms with Crippen molar-refractivity contribution >= 4 is 23.3 Å². The minimum atomic E-state index is -0.693. The van der Waals surface area contributed by atoms with Crippen molar-refractivity contribution in [3.63, 3.8) is 0 Å². The van der Waals surface area contributed by atoms with Crippen LogP contribution >= 0.6 is 11.6 Å². The number of carbonyl (C=O) groups is 1. The summed E-state index contributed by atoms with van der Waals surface area (Å²) in [6.45, 7) is 0.426. The molecule has 3 nitrogen and oxygen atoms in total. The third-order valence-electron chi connectivity index (χ3n) is 4.91. The quantitative estimate of drug-likeness (QED) is 0.581. The summed E-state index contributed by atoms with van der Waals surface area (Å²) in [4.78, 5) is 14.6. The molecule has 6 heteroatoms. The van der Waals surface area contributed by atoms with E-state index in [0.717, 1.165) is 34.9 Å². The van der Waals surface area contributed by atoms with Crippen molar-refractivity contribution in [3.8, 4) is 0 Å². The summed E-state index contributed by atoms with van der Waals surface area (Å²) in [5, 5.41) is 3.04. The highest BCUT2D eigenvalue weighted by Crippen LogP contribution is 2.38. The molecular formula is C22H17ClF2N2O. The summed E-state index contributed by atoms with van der Waals surface area (Å²) in [5.74, 6) is -1.32. The normalized spacial score (nSPS) is 15.8. The van der Waals surface area contributed by atoms with Crippen LogP contribution in [0.15, 0.2) is 66.7 Å². The maximum Gasteiger partial charge on any atom is 0.322 e. The first-order chi connectivity index (χ1) is 13.5. The highest BCUT2D eigenvalue weighted by Gasteiger charge is 2.33. The van der Waals surface area contributed by atoms with E-state index < -0.39 is 23.7 Å². The van der Waals surface area contributed by atoms with E-state index in [1.165, 1.54) is 0 Å². The Hall–Kier alpha value is -2.92. The molecular weight excluding hydrogens is 382 g/mol.